The summed E-state index contributed by atoms with van der Waals surface area (Å²) in [5, 5.41) is 16.2. The number of hydrogen-bond donors (Lipinski definition) is 3. The van der Waals surface area contributed by atoms with Crippen molar-refractivity contribution in [2.45, 2.75) is 52.7 Å². The monoisotopic (exact) mass is 445 g/mol. The fourth-order valence-electron chi connectivity index (χ4n) is 3.56. The van der Waals surface area contributed by atoms with E-state index in [1.54, 1.807) is 6.33 Å². The molecule has 0 spiro atoms. The molecule has 0 saturated carbocycles. The van der Waals surface area contributed by atoms with Gasteiger partial charge in [0, 0.05) is 24.3 Å². The molecule has 3 heterocycles. The Morgan fingerprint density at radius 2 is 1.82 bits per heavy atom. The van der Waals surface area contributed by atoms with Crippen molar-refractivity contribution >= 4 is 22.9 Å². The van der Waals surface area contributed by atoms with E-state index in [-0.39, 0.29) is 18.7 Å². The molecule has 33 heavy (non-hydrogen) atoms. The number of anilines is 2. The minimum atomic E-state index is -0.103. The van der Waals surface area contributed by atoms with Crippen molar-refractivity contribution in [2.75, 3.05) is 17.2 Å². The third-order valence-electron chi connectivity index (χ3n) is 5.65. The van der Waals surface area contributed by atoms with E-state index in [4.69, 9.17) is 0 Å². The van der Waals surface area contributed by atoms with Gasteiger partial charge in [-0.1, -0.05) is 37.3 Å². The van der Waals surface area contributed by atoms with Crippen LogP contribution < -0.4 is 10.6 Å². The van der Waals surface area contributed by atoms with Crippen LogP contribution in [0.3, 0.4) is 0 Å². The van der Waals surface area contributed by atoms with Gasteiger partial charge in [0.2, 0.25) is 5.95 Å². The highest BCUT2D eigenvalue weighted by atomic mass is 16.3. The SMILES string of the molecule is CCC(CO)Nc1nc(NCc2ccc(-c3ccc(C)cn3)cc2)c2ncn(C(C)C)c2n1. The number of aryl methyl sites for hydroxylation is 1. The number of nitrogens with one attached hydrogen (secondary N) is 2. The number of aliphatic hydroxyl groups is 1. The maximum absolute atomic E-state index is 9.59. The molecule has 4 aromatic rings. The molecule has 1 atom stereocenters. The Hall–Kier alpha value is -3.52. The smallest absolute Gasteiger partial charge is 0.227 e. The highest BCUT2D eigenvalue weighted by molar-refractivity contribution is 5.84. The first-order chi connectivity index (χ1) is 16.0. The van der Waals surface area contributed by atoms with E-state index in [9.17, 15) is 5.11 Å². The van der Waals surface area contributed by atoms with Crippen molar-refractivity contribution in [3.05, 3.63) is 60.0 Å². The summed E-state index contributed by atoms with van der Waals surface area (Å²) < 4.78 is 2.02. The Morgan fingerprint density at radius 1 is 1.03 bits per heavy atom. The number of aliphatic hydroxyl groups excluding tert-OH is 1. The average Bonchev–Trinajstić information content (AvgIpc) is 3.26. The lowest BCUT2D eigenvalue weighted by molar-refractivity contribution is 0.271. The molecule has 4 rings (SSSR count). The molecule has 1 unspecified atom stereocenters. The minimum absolute atomic E-state index is 0.0201. The zero-order valence-electron chi connectivity index (χ0n) is 19.6. The minimum Gasteiger partial charge on any atom is -0.394 e. The molecule has 0 aliphatic heterocycles. The van der Waals surface area contributed by atoms with Crippen LogP contribution in [-0.2, 0) is 6.54 Å². The van der Waals surface area contributed by atoms with Crippen LogP contribution in [0.2, 0.25) is 0 Å². The summed E-state index contributed by atoms with van der Waals surface area (Å²) in [5.74, 6) is 1.15. The van der Waals surface area contributed by atoms with Crippen LogP contribution in [0.1, 0.15) is 44.4 Å². The number of imidazole rings is 1. The van der Waals surface area contributed by atoms with E-state index in [0.29, 0.717) is 18.3 Å². The van der Waals surface area contributed by atoms with Gasteiger partial charge in [-0.3, -0.25) is 4.98 Å². The van der Waals surface area contributed by atoms with Gasteiger partial charge in [0.1, 0.15) is 0 Å². The van der Waals surface area contributed by atoms with Crippen molar-refractivity contribution < 1.29 is 5.11 Å². The van der Waals surface area contributed by atoms with Gasteiger partial charge < -0.3 is 20.3 Å². The molecule has 172 valence electrons. The van der Waals surface area contributed by atoms with E-state index in [1.807, 2.05) is 30.7 Å². The van der Waals surface area contributed by atoms with E-state index >= 15 is 0 Å². The third-order valence-corrected chi connectivity index (χ3v) is 5.65. The Bertz CT molecular complexity index is 1200. The molecule has 0 bridgehead atoms. The van der Waals surface area contributed by atoms with Gasteiger partial charge in [-0.2, -0.15) is 9.97 Å². The van der Waals surface area contributed by atoms with E-state index < -0.39 is 0 Å². The second-order valence-corrected chi connectivity index (χ2v) is 8.52. The molecule has 8 heteroatoms. The van der Waals surface area contributed by atoms with Crippen LogP contribution in [0.15, 0.2) is 48.9 Å². The Morgan fingerprint density at radius 3 is 2.45 bits per heavy atom. The van der Waals surface area contributed by atoms with Gasteiger partial charge in [-0.25, -0.2) is 4.98 Å². The number of rotatable bonds is 9. The topological polar surface area (TPSA) is 101 Å². The highest BCUT2D eigenvalue weighted by Crippen LogP contribution is 2.25. The number of benzene rings is 1. The molecule has 0 fully saturated rings. The maximum atomic E-state index is 9.59. The summed E-state index contributed by atoms with van der Waals surface area (Å²) in [7, 11) is 0. The molecule has 0 aliphatic carbocycles. The van der Waals surface area contributed by atoms with E-state index in [1.165, 1.54) is 0 Å². The van der Waals surface area contributed by atoms with Crippen molar-refractivity contribution in [1.29, 1.82) is 0 Å². The van der Waals surface area contributed by atoms with Crippen molar-refractivity contribution in [2.24, 2.45) is 0 Å². The molecule has 8 nitrogen and oxygen atoms in total. The quantitative estimate of drug-likeness (QED) is 0.347. The summed E-state index contributed by atoms with van der Waals surface area (Å²) in [6.45, 7) is 8.85. The first-order valence-electron chi connectivity index (χ1n) is 11.4. The molecular formula is C25H31N7O. The van der Waals surface area contributed by atoms with Crippen LogP contribution >= 0.6 is 0 Å². The predicted molar refractivity (Wildman–Crippen MR) is 132 cm³/mol. The van der Waals surface area contributed by atoms with Crippen LogP contribution in [0.25, 0.3) is 22.4 Å². The number of hydrogen-bond acceptors (Lipinski definition) is 7. The van der Waals surface area contributed by atoms with Gasteiger partial charge in [0.05, 0.1) is 24.7 Å². The van der Waals surface area contributed by atoms with Crippen LogP contribution in [0, 0.1) is 6.92 Å². The number of nitrogens with zero attached hydrogens (tertiary/aromatic N) is 5. The van der Waals surface area contributed by atoms with Crippen molar-refractivity contribution in [3.8, 4) is 11.3 Å². The van der Waals surface area contributed by atoms with Gasteiger partial charge >= 0.3 is 0 Å². The van der Waals surface area contributed by atoms with Gasteiger partial charge in [-0.05, 0) is 44.4 Å². The lowest BCUT2D eigenvalue weighted by atomic mass is 10.1. The first-order valence-corrected chi connectivity index (χ1v) is 11.4. The fraction of sp³-hybridized carbons (Fsp3) is 0.360. The maximum Gasteiger partial charge on any atom is 0.227 e. The van der Waals surface area contributed by atoms with Gasteiger partial charge in [0.15, 0.2) is 17.0 Å². The summed E-state index contributed by atoms with van der Waals surface area (Å²) in [6.07, 6.45) is 4.45. The second kappa shape index (κ2) is 9.95. The second-order valence-electron chi connectivity index (χ2n) is 8.52. The van der Waals surface area contributed by atoms with Crippen LogP contribution in [-0.4, -0.2) is 42.3 Å². The summed E-state index contributed by atoms with van der Waals surface area (Å²) in [5.41, 5.74) is 5.80. The molecular weight excluding hydrogens is 414 g/mol. The Balaban J connectivity index is 1.57. The Labute approximate surface area is 194 Å². The average molecular weight is 446 g/mol. The fourth-order valence-corrected chi connectivity index (χ4v) is 3.56. The highest BCUT2D eigenvalue weighted by Gasteiger charge is 2.16. The molecule has 0 radical (unpaired) electrons. The Kier molecular flexibility index (Phi) is 6.84. The molecule has 3 aromatic heterocycles. The normalized spacial score (nSPS) is 12.3. The first kappa shape index (κ1) is 22.7. The van der Waals surface area contributed by atoms with Crippen molar-refractivity contribution in [3.63, 3.8) is 0 Å². The lowest BCUT2D eigenvalue weighted by Crippen LogP contribution is -2.24. The van der Waals surface area contributed by atoms with Crippen LogP contribution in [0.4, 0.5) is 11.8 Å². The number of aromatic nitrogens is 5. The van der Waals surface area contributed by atoms with Crippen LogP contribution in [0.5, 0.6) is 0 Å². The zero-order chi connectivity index (χ0) is 23.4. The molecule has 1 aromatic carbocycles. The van der Waals surface area contributed by atoms with Gasteiger partial charge in [-0.15, -0.1) is 0 Å². The predicted octanol–water partition coefficient (Wildman–Crippen LogP) is 4.57. The molecule has 3 N–H and O–H groups in total. The summed E-state index contributed by atoms with van der Waals surface area (Å²) in [4.78, 5) is 18.4. The molecule has 0 saturated heterocycles. The van der Waals surface area contributed by atoms with Gasteiger partial charge in [0.25, 0.3) is 0 Å². The van der Waals surface area contributed by atoms with Crippen molar-refractivity contribution in [1.82, 2.24) is 24.5 Å². The summed E-state index contributed by atoms with van der Waals surface area (Å²) in [6, 6.07) is 12.6. The largest absolute Gasteiger partial charge is 0.394 e. The number of fused-ring (bicyclic) bond motifs is 1. The molecule has 0 aliphatic rings. The van der Waals surface area contributed by atoms with E-state index in [0.717, 1.165) is 40.0 Å². The summed E-state index contributed by atoms with van der Waals surface area (Å²) >= 11 is 0. The van der Waals surface area contributed by atoms with E-state index in [2.05, 4.69) is 74.7 Å². The number of pyridine rings is 1. The lowest BCUT2D eigenvalue weighted by Gasteiger charge is -2.16. The zero-order valence-corrected chi connectivity index (χ0v) is 19.6. The standard InChI is InChI=1S/C25H31N7O/c1-5-20(14-33)29-25-30-23(22-24(31-25)32(15-28-22)16(2)3)27-13-18-7-9-19(10-8-18)21-11-6-17(4)12-26-21/h6-12,15-16,20,33H,5,13-14H2,1-4H3,(H2,27,29,30,31). The third kappa shape index (κ3) is 5.12. The molecule has 0 amide bonds.